The number of guanidine groups is 1. The second-order valence-electron chi connectivity index (χ2n) is 4.24. The number of methoxy groups -OCH3 is 1. The van der Waals surface area contributed by atoms with Crippen LogP contribution in [0.2, 0.25) is 5.02 Å². The van der Waals surface area contributed by atoms with Crippen LogP contribution in [-0.2, 0) is 6.54 Å². The van der Waals surface area contributed by atoms with E-state index in [1.165, 1.54) is 0 Å². The van der Waals surface area contributed by atoms with Crippen molar-refractivity contribution in [1.82, 2.24) is 14.8 Å². The molecule has 0 unspecified atom stereocenters. The normalized spacial score (nSPS) is 9.89. The third kappa shape index (κ3) is 3.77. The summed E-state index contributed by atoms with van der Waals surface area (Å²) in [5.74, 6) is 1.33. The zero-order valence-corrected chi connectivity index (χ0v) is 12.2. The molecule has 0 aliphatic carbocycles. The van der Waals surface area contributed by atoms with Gasteiger partial charge in [-0.05, 0) is 11.6 Å². The quantitative estimate of drug-likeness (QED) is 0.620. The summed E-state index contributed by atoms with van der Waals surface area (Å²) in [5.41, 5.74) is 0.946. The van der Waals surface area contributed by atoms with Crippen molar-refractivity contribution < 1.29 is 4.74 Å². The molecule has 5 nitrogen and oxygen atoms in total. The highest BCUT2D eigenvalue weighted by Gasteiger charge is 2.06. The van der Waals surface area contributed by atoms with E-state index in [1.807, 2.05) is 44.1 Å². The van der Waals surface area contributed by atoms with Crippen molar-refractivity contribution in [1.29, 1.82) is 0 Å². The average Bonchev–Trinajstić information content (AvgIpc) is 2.28. The Balaban J connectivity index is 2.85. The van der Waals surface area contributed by atoms with Crippen molar-refractivity contribution in [2.75, 3.05) is 35.3 Å². The van der Waals surface area contributed by atoms with E-state index in [1.54, 1.807) is 13.3 Å². The summed E-state index contributed by atoms with van der Waals surface area (Å²) in [5, 5.41) is 0.501. The molecular formula is C12H19ClN4O. The van der Waals surface area contributed by atoms with Crippen LogP contribution in [-0.4, -0.2) is 56.0 Å². The van der Waals surface area contributed by atoms with Gasteiger partial charge in [-0.25, -0.2) is 9.98 Å². The second kappa shape index (κ2) is 6.44. The molecule has 6 heteroatoms. The molecular weight excluding hydrogens is 252 g/mol. The third-order valence-electron chi connectivity index (χ3n) is 2.26. The highest BCUT2D eigenvalue weighted by Crippen LogP contribution is 2.22. The molecule has 18 heavy (non-hydrogen) atoms. The fourth-order valence-corrected chi connectivity index (χ4v) is 1.81. The van der Waals surface area contributed by atoms with Crippen LogP contribution in [0, 0.1) is 0 Å². The Hall–Kier alpha value is -1.49. The highest BCUT2D eigenvalue weighted by molar-refractivity contribution is 6.31. The zero-order chi connectivity index (χ0) is 13.7. The zero-order valence-electron chi connectivity index (χ0n) is 11.4. The lowest BCUT2D eigenvalue weighted by atomic mass is 10.3. The van der Waals surface area contributed by atoms with Crippen molar-refractivity contribution in [2.45, 2.75) is 6.54 Å². The van der Waals surface area contributed by atoms with Gasteiger partial charge in [0.05, 0.1) is 13.7 Å². The van der Waals surface area contributed by atoms with Gasteiger partial charge in [-0.2, -0.15) is 0 Å². The van der Waals surface area contributed by atoms with Crippen LogP contribution < -0.4 is 4.74 Å². The molecule has 0 bridgehead atoms. The smallest absolute Gasteiger partial charge is 0.232 e. The largest absolute Gasteiger partial charge is 0.480 e. The van der Waals surface area contributed by atoms with E-state index in [0.717, 1.165) is 11.5 Å². The molecule has 1 rings (SSSR count). The van der Waals surface area contributed by atoms with Gasteiger partial charge in [-0.1, -0.05) is 11.6 Å². The first-order valence-electron chi connectivity index (χ1n) is 5.53. The molecule has 0 spiro atoms. The first-order valence-corrected chi connectivity index (χ1v) is 5.91. The third-order valence-corrected chi connectivity index (χ3v) is 2.53. The summed E-state index contributed by atoms with van der Waals surface area (Å²) in [6, 6.07) is 1.82. The van der Waals surface area contributed by atoms with Crippen LogP contribution in [0.5, 0.6) is 5.88 Å². The summed E-state index contributed by atoms with van der Waals surface area (Å²) >= 11 is 6.01. The van der Waals surface area contributed by atoms with Gasteiger partial charge in [0.2, 0.25) is 5.88 Å². The number of hydrogen-bond donors (Lipinski definition) is 0. The van der Waals surface area contributed by atoms with Gasteiger partial charge in [0.15, 0.2) is 5.96 Å². The Kier molecular flexibility index (Phi) is 5.22. The lowest BCUT2D eigenvalue weighted by molar-refractivity contribution is 0.398. The van der Waals surface area contributed by atoms with Gasteiger partial charge in [-0.3, -0.25) is 0 Å². The summed E-state index contributed by atoms with van der Waals surface area (Å²) in [6.45, 7) is 0.530. The molecule has 100 valence electrons. The van der Waals surface area contributed by atoms with Gasteiger partial charge >= 0.3 is 0 Å². The van der Waals surface area contributed by atoms with Gasteiger partial charge < -0.3 is 14.5 Å². The molecule has 1 aromatic rings. The molecule has 1 heterocycles. The molecule has 1 aromatic heterocycles. The van der Waals surface area contributed by atoms with Gasteiger partial charge in [0.25, 0.3) is 0 Å². The van der Waals surface area contributed by atoms with Crippen molar-refractivity contribution in [3.8, 4) is 5.88 Å². The van der Waals surface area contributed by atoms with Crippen LogP contribution in [0.4, 0.5) is 0 Å². The van der Waals surface area contributed by atoms with Crippen molar-refractivity contribution in [3.63, 3.8) is 0 Å². The Labute approximate surface area is 113 Å². The van der Waals surface area contributed by atoms with Crippen LogP contribution in [0.3, 0.4) is 0 Å². The predicted octanol–water partition coefficient (Wildman–Crippen LogP) is 1.72. The summed E-state index contributed by atoms with van der Waals surface area (Å²) in [6.07, 6.45) is 1.72. The Morgan fingerprint density at radius 1 is 1.33 bits per heavy atom. The summed E-state index contributed by atoms with van der Waals surface area (Å²) < 4.78 is 5.01. The standard InChI is InChI=1S/C12H19ClN4O/c1-16(2)12(17(3)4)15-8-9-6-10(13)11(18-5)14-7-9/h6-7H,8H2,1-5H3. The summed E-state index contributed by atoms with van der Waals surface area (Å²) in [7, 11) is 9.37. The van der Waals surface area contributed by atoms with Crippen molar-refractivity contribution >= 4 is 17.6 Å². The van der Waals surface area contributed by atoms with E-state index < -0.39 is 0 Å². The maximum Gasteiger partial charge on any atom is 0.232 e. The van der Waals surface area contributed by atoms with Gasteiger partial charge in [-0.15, -0.1) is 0 Å². The molecule has 0 radical (unpaired) electrons. The Morgan fingerprint density at radius 2 is 1.94 bits per heavy atom. The molecule has 0 fully saturated rings. The minimum atomic E-state index is 0.435. The Bertz CT molecular complexity index is 422. The number of aromatic nitrogens is 1. The molecule has 0 atom stereocenters. The number of nitrogens with zero attached hydrogens (tertiary/aromatic N) is 4. The topological polar surface area (TPSA) is 41.0 Å². The lowest BCUT2D eigenvalue weighted by Gasteiger charge is -2.22. The van der Waals surface area contributed by atoms with Crippen molar-refractivity contribution in [3.05, 3.63) is 22.8 Å². The van der Waals surface area contributed by atoms with E-state index in [4.69, 9.17) is 16.3 Å². The molecule has 0 aliphatic rings. The van der Waals surface area contributed by atoms with Gasteiger partial charge in [0.1, 0.15) is 5.02 Å². The van der Waals surface area contributed by atoms with E-state index in [0.29, 0.717) is 17.4 Å². The highest BCUT2D eigenvalue weighted by atomic mass is 35.5. The average molecular weight is 271 g/mol. The maximum absolute atomic E-state index is 6.01. The molecule has 0 N–H and O–H groups in total. The second-order valence-corrected chi connectivity index (χ2v) is 4.65. The van der Waals surface area contributed by atoms with E-state index in [-0.39, 0.29) is 0 Å². The minimum absolute atomic E-state index is 0.435. The first-order chi connectivity index (χ1) is 8.45. The predicted molar refractivity (Wildman–Crippen MR) is 74.3 cm³/mol. The fourth-order valence-electron chi connectivity index (χ4n) is 1.55. The summed E-state index contributed by atoms with van der Waals surface area (Å²) in [4.78, 5) is 12.5. The van der Waals surface area contributed by atoms with Crippen molar-refractivity contribution in [2.24, 2.45) is 4.99 Å². The number of pyridine rings is 1. The number of ether oxygens (including phenoxy) is 1. The first kappa shape index (κ1) is 14.6. The number of halogens is 1. The lowest BCUT2D eigenvalue weighted by Crippen LogP contribution is -2.35. The Morgan fingerprint density at radius 3 is 2.39 bits per heavy atom. The molecule has 0 saturated heterocycles. The van der Waals surface area contributed by atoms with Crippen LogP contribution >= 0.6 is 11.6 Å². The monoisotopic (exact) mass is 270 g/mol. The molecule has 0 saturated carbocycles. The fraction of sp³-hybridized carbons (Fsp3) is 0.500. The number of aliphatic imine (C=N–C) groups is 1. The van der Waals surface area contributed by atoms with Crippen LogP contribution in [0.15, 0.2) is 17.3 Å². The van der Waals surface area contributed by atoms with E-state index in [9.17, 15) is 0 Å². The minimum Gasteiger partial charge on any atom is -0.480 e. The SMILES string of the molecule is COc1ncc(CN=C(N(C)C)N(C)C)cc1Cl. The van der Waals surface area contributed by atoms with E-state index in [2.05, 4.69) is 9.98 Å². The van der Waals surface area contributed by atoms with Crippen LogP contribution in [0.1, 0.15) is 5.56 Å². The van der Waals surface area contributed by atoms with Crippen LogP contribution in [0.25, 0.3) is 0 Å². The number of hydrogen-bond acceptors (Lipinski definition) is 3. The molecule has 0 amide bonds. The van der Waals surface area contributed by atoms with Gasteiger partial charge in [0, 0.05) is 34.4 Å². The number of rotatable bonds is 3. The van der Waals surface area contributed by atoms with E-state index >= 15 is 0 Å². The molecule has 0 aromatic carbocycles. The maximum atomic E-state index is 6.01. The molecule has 0 aliphatic heterocycles.